The van der Waals surface area contributed by atoms with Crippen molar-refractivity contribution in [3.63, 3.8) is 0 Å². The highest BCUT2D eigenvalue weighted by Gasteiger charge is 2.20. The SMILES string of the molecule is CC(C)(O)OC(CCO)CCc1ccccc1Cl. The van der Waals surface area contributed by atoms with Crippen molar-refractivity contribution < 1.29 is 14.9 Å². The molecule has 0 heterocycles. The van der Waals surface area contributed by atoms with Crippen LogP contribution in [0, 0.1) is 0 Å². The fourth-order valence-electron chi connectivity index (χ4n) is 1.83. The Bertz CT molecular complexity index is 360. The van der Waals surface area contributed by atoms with Crippen molar-refractivity contribution in [2.45, 2.75) is 45.0 Å². The summed E-state index contributed by atoms with van der Waals surface area (Å²) in [6, 6.07) is 7.67. The molecular formula is C14H21ClO3. The maximum absolute atomic E-state index is 9.64. The van der Waals surface area contributed by atoms with E-state index in [0.717, 1.165) is 17.0 Å². The van der Waals surface area contributed by atoms with Crippen LogP contribution >= 0.6 is 11.6 Å². The zero-order valence-electron chi connectivity index (χ0n) is 10.9. The standard InChI is InChI=1S/C14H21ClO3/c1-14(2,17)18-12(9-10-16)8-7-11-5-3-4-6-13(11)15/h3-6,12,16-17H,7-10H2,1-2H3. The van der Waals surface area contributed by atoms with Crippen LogP contribution in [0.3, 0.4) is 0 Å². The summed E-state index contributed by atoms with van der Waals surface area (Å²) >= 11 is 6.08. The highest BCUT2D eigenvalue weighted by Crippen LogP contribution is 2.20. The fraction of sp³-hybridized carbons (Fsp3) is 0.571. The number of hydrogen-bond donors (Lipinski definition) is 2. The summed E-state index contributed by atoms with van der Waals surface area (Å²) in [6.45, 7) is 3.23. The van der Waals surface area contributed by atoms with Crippen LogP contribution in [0.2, 0.25) is 5.02 Å². The minimum atomic E-state index is -1.18. The Morgan fingerprint density at radius 1 is 1.28 bits per heavy atom. The number of aliphatic hydroxyl groups is 2. The minimum absolute atomic E-state index is 0.0449. The first kappa shape index (κ1) is 15.4. The van der Waals surface area contributed by atoms with Gasteiger partial charge in [0.15, 0.2) is 5.79 Å². The van der Waals surface area contributed by atoms with E-state index < -0.39 is 5.79 Å². The molecule has 0 aliphatic rings. The van der Waals surface area contributed by atoms with E-state index in [4.69, 9.17) is 21.4 Å². The Kier molecular flexibility index (Phi) is 6.09. The van der Waals surface area contributed by atoms with Crippen LogP contribution in [0.4, 0.5) is 0 Å². The van der Waals surface area contributed by atoms with Crippen molar-refractivity contribution >= 4 is 11.6 Å². The molecule has 1 aromatic rings. The molecule has 1 unspecified atom stereocenters. The van der Waals surface area contributed by atoms with Gasteiger partial charge in [-0.15, -0.1) is 0 Å². The first-order valence-corrected chi connectivity index (χ1v) is 6.54. The lowest BCUT2D eigenvalue weighted by molar-refractivity contribution is -0.209. The Balaban J connectivity index is 2.54. The molecule has 0 saturated carbocycles. The van der Waals surface area contributed by atoms with Crippen molar-refractivity contribution in [1.82, 2.24) is 0 Å². The molecule has 0 fully saturated rings. The molecule has 1 rings (SSSR count). The molecule has 3 nitrogen and oxygen atoms in total. The second kappa shape index (κ2) is 7.10. The third kappa shape index (κ3) is 5.83. The fourth-order valence-corrected chi connectivity index (χ4v) is 2.06. The predicted molar refractivity (Wildman–Crippen MR) is 72.6 cm³/mol. The average molecular weight is 273 g/mol. The number of halogens is 1. The van der Waals surface area contributed by atoms with Crippen LogP contribution in [-0.4, -0.2) is 28.7 Å². The quantitative estimate of drug-likeness (QED) is 0.751. The number of benzene rings is 1. The molecule has 0 aliphatic carbocycles. The highest BCUT2D eigenvalue weighted by molar-refractivity contribution is 6.31. The molecule has 0 radical (unpaired) electrons. The molecule has 0 saturated heterocycles. The number of ether oxygens (including phenoxy) is 1. The van der Waals surface area contributed by atoms with Gasteiger partial charge in [-0.2, -0.15) is 0 Å². The van der Waals surface area contributed by atoms with Gasteiger partial charge in [-0.05, 0) is 44.7 Å². The second-order valence-electron chi connectivity index (χ2n) is 4.83. The van der Waals surface area contributed by atoms with E-state index in [9.17, 15) is 5.11 Å². The van der Waals surface area contributed by atoms with Crippen LogP contribution in [0.15, 0.2) is 24.3 Å². The lowest BCUT2D eigenvalue weighted by atomic mass is 10.0. The summed E-state index contributed by atoms with van der Waals surface area (Å²) in [6.07, 6.45) is 1.81. The van der Waals surface area contributed by atoms with E-state index in [2.05, 4.69) is 0 Å². The Hall–Kier alpha value is -0.610. The molecular weight excluding hydrogens is 252 g/mol. The van der Waals surface area contributed by atoms with Crippen molar-refractivity contribution in [2.75, 3.05) is 6.61 Å². The monoisotopic (exact) mass is 272 g/mol. The van der Waals surface area contributed by atoms with Crippen LogP contribution in [-0.2, 0) is 11.2 Å². The Morgan fingerprint density at radius 2 is 1.94 bits per heavy atom. The first-order chi connectivity index (χ1) is 8.42. The molecule has 0 aromatic heterocycles. The van der Waals surface area contributed by atoms with E-state index >= 15 is 0 Å². The van der Waals surface area contributed by atoms with Gasteiger partial charge in [0, 0.05) is 11.6 Å². The maximum Gasteiger partial charge on any atom is 0.160 e. The zero-order valence-corrected chi connectivity index (χ0v) is 11.7. The Labute approximate surface area is 113 Å². The molecule has 0 spiro atoms. The third-order valence-electron chi connectivity index (χ3n) is 2.60. The lowest BCUT2D eigenvalue weighted by Crippen LogP contribution is -2.31. The summed E-state index contributed by atoms with van der Waals surface area (Å²) in [7, 11) is 0. The highest BCUT2D eigenvalue weighted by atomic mass is 35.5. The molecule has 18 heavy (non-hydrogen) atoms. The summed E-state index contributed by atoms with van der Waals surface area (Å²) in [4.78, 5) is 0. The van der Waals surface area contributed by atoms with Crippen molar-refractivity contribution in [3.8, 4) is 0 Å². The van der Waals surface area contributed by atoms with Crippen LogP contribution in [0.5, 0.6) is 0 Å². The molecule has 2 N–H and O–H groups in total. The van der Waals surface area contributed by atoms with Gasteiger partial charge in [-0.25, -0.2) is 0 Å². The molecule has 4 heteroatoms. The number of hydrogen-bond acceptors (Lipinski definition) is 3. The molecule has 0 aliphatic heterocycles. The Morgan fingerprint density at radius 3 is 2.50 bits per heavy atom. The molecule has 0 amide bonds. The summed E-state index contributed by atoms with van der Waals surface area (Å²) in [5.74, 6) is -1.18. The second-order valence-corrected chi connectivity index (χ2v) is 5.24. The van der Waals surface area contributed by atoms with E-state index in [1.54, 1.807) is 13.8 Å². The van der Waals surface area contributed by atoms with E-state index in [1.165, 1.54) is 0 Å². The summed E-state index contributed by atoms with van der Waals surface area (Å²) in [5.41, 5.74) is 1.06. The van der Waals surface area contributed by atoms with Crippen molar-refractivity contribution in [3.05, 3.63) is 34.9 Å². The lowest BCUT2D eigenvalue weighted by Gasteiger charge is -2.26. The van der Waals surface area contributed by atoms with Crippen molar-refractivity contribution in [2.24, 2.45) is 0 Å². The van der Waals surface area contributed by atoms with Gasteiger partial charge in [0.05, 0.1) is 6.10 Å². The molecule has 0 bridgehead atoms. The van der Waals surface area contributed by atoms with Gasteiger partial charge in [-0.3, -0.25) is 0 Å². The smallest absolute Gasteiger partial charge is 0.160 e. The van der Waals surface area contributed by atoms with Gasteiger partial charge in [0.1, 0.15) is 0 Å². The minimum Gasteiger partial charge on any atom is -0.396 e. The normalized spacial score (nSPS) is 13.6. The number of aryl methyl sites for hydroxylation is 1. The zero-order chi connectivity index (χ0) is 13.6. The summed E-state index contributed by atoms with van der Waals surface area (Å²) < 4.78 is 5.49. The van der Waals surface area contributed by atoms with Gasteiger partial charge < -0.3 is 14.9 Å². The van der Waals surface area contributed by atoms with Crippen molar-refractivity contribution in [1.29, 1.82) is 0 Å². The number of rotatable bonds is 7. The topological polar surface area (TPSA) is 49.7 Å². The third-order valence-corrected chi connectivity index (χ3v) is 2.97. The summed E-state index contributed by atoms with van der Waals surface area (Å²) in [5, 5.41) is 19.4. The van der Waals surface area contributed by atoms with Gasteiger partial charge in [-0.1, -0.05) is 29.8 Å². The first-order valence-electron chi connectivity index (χ1n) is 6.17. The van der Waals surface area contributed by atoms with Gasteiger partial charge >= 0.3 is 0 Å². The maximum atomic E-state index is 9.64. The average Bonchev–Trinajstić information content (AvgIpc) is 2.26. The van der Waals surface area contributed by atoms with Gasteiger partial charge in [0.25, 0.3) is 0 Å². The van der Waals surface area contributed by atoms with Crippen LogP contribution < -0.4 is 0 Å². The van der Waals surface area contributed by atoms with Crippen LogP contribution in [0.1, 0.15) is 32.3 Å². The van der Waals surface area contributed by atoms with E-state index in [1.807, 2.05) is 24.3 Å². The largest absolute Gasteiger partial charge is 0.396 e. The predicted octanol–water partition coefficient (Wildman–Crippen LogP) is 2.77. The molecule has 1 aromatic carbocycles. The molecule has 1 atom stereocenters. The van der Waals surface area contributed by atoms with E-state index in [-0.39, 0.29) is 12.7 Å². The van der Waals surface area contributed by atoms with E-state index in [0.29, 0.717) is 12.8 Å². The van der Waals surface area contributed by atoms with Gasteiger partial charge in [0.2, 0.25) is 0 Å². The molecule has 102 valence electrons. The van der Waals surface area contributed by atoms with Crippen LogP contribution in [0.25, 0.3) is 0 Å². The number of aliphatic hydroxyl groups excluding tert-OH is 1.